The summed E-state index contributed by atoms with van der Waals surface area (Å²) in [6.07, 6.45) is 0. The second-order valence-electron chi connectivity index (χ2n) is 11.5. The molecule has 3 aromatic heterocycles. The lowest BCUT2D eigenvalue weighted by Gasteiger charge is -2.12. The highest BCUT2D eigenvalue weighted by molar-refractivity contribution is 6.10. The van der Waals surface area contributed by atoms with Crippen LogP contribution in [0.5, 0.6) is 0 Å². The van der Waals surface area contributed by atoms with Crippen molar-refractivity contribution in [2.75, 3.05) is 0 Å². The summed E-state index contributed by atoms with van der Waals surface area (Å²) >= 11 is 0. The first-order valence-corrected chi connectivity index (χ1v) is 15.2. The van der Waals surface area contributed by atoms with Gasteiger partial charge in [0.2, 0.25) is 0 Å². The van der Waals surface area contributed by atoms with Gasteiger partial charge in [-0.1, -0.05) is 109 Å². The Morgan fingerprint density at radius 1 is 0.511 bits per heavy atom. The van der Waals surface area contributed by atoms with Crippen molar-refractivity contribution in [1.82, 2.24) is 14.5 Å². The molecule has 9 aromatic rings. The zero-order valence-corrected chi connectivity index (χ0v) is 24.6. The highest BCUT2D eigenvalue weighted by atomic mass is 16.3. The summed E-state index contributed by atoms with van der Waals surface area (Å²) in [4.78, 5) is 10.1. The van der Waals surface area contributed by atoms with Crippen molar-refractivity contribution in [3.63, 3.8) is 0 Å². The van der Waals surface area contributed by atoms with Gasteiger partial charge in [0.1, 0.15) is 16.8 Å². The lowest BCUT2D eigenvalue weighted by molar-refractivity contribution is 0.667. The van der Waals surface area contributed by atoms with E-state index in [2.05, 4.69) is 109 Å². The predicted octanol–water partition coefficient (Wildman–Crippen LogP) is 10.8. The van der Waals surface area contributed by atoms with E-state index in [0.29, 0.717) is 11.4 Å². The van der Waals surface area contributed by atoms with E-state index in [4.69, 9.17) is 14.4 Å². The lowest BCUT2D eigenvalue weighted by Crippen LogP contribution is -1.95. The first kappa shape index (κ1) is 25.5. The van der Waals surface area contributed by atoms with E-state index in [1.165, 1.54) is 27.4 Å². The van der Waals surface area contributed by atoms with Crippen LogP contribution in [-0.2, 0) is 0 Å². The molecule has 6 aromatic carbocycles. The largest absolute Gasteiger partial charge is 0.452 e. The molecule has 0 fully saturated rings. The normalized spacial score (nSPS) is 11.7. The molecule has 4 heteroatoms. The van der Waals surface area contributed by atoms with Crippen LogP contribution in [0.15, 0.2) is 150 Å². The van der Waals surface area contributed by atoms with Gasteiger partial charge >= 0.3 is 0 Å². The molecular weight excluding hydrogens is 550 g/mol. The SMILES string of the molecule is Cc1cc(-c2ccc3oc4c(-c5ccccc5)nc(-c5ccccc5)nc4c3c2)cc(-n2c3ccccc3c3ccccc32)c1. The number of benzene rings is 6. The van der Waals surface area contributed by atoms with Gasteiger partial charge in [-0.15, -0.1) is 0 Å². The number of aryl methyl sites for hydroxylation is 1. The van der Waals surface area contributed by atoms with E-state index >= 15 is 0 Å². The van der Waals surface area contributed by atoms with Crippen LogP contribution in [0.3, 0.4) is 0 Å². The first-order valence-electron chi connectivity index (χ1n) is 15.2. The second kappa shape index (κ2) is 10.0. The third-order valence-corrected chi connectivity index (χ3v) is 8.63. The predicted molar refractivity (Wildman–Crippen MR) is 185 cm³/mol. The second-order valence-corrected chi connectivity index (χ2v) is 11.5. The fraction of sp³-hybridized carbons (Fsp3) is 0.0244. The summed E-state index contributed by atoms with van der Waals surface area (Å²) in [6, 6.07) is 50.8. The van der Waals surface area contributed by atoms with Crippen molar-refractivity contribution < 1.29 is 4.42 Å². The molecule has 45 heavy (non-hydrogen) atoms. The van der Waals surface area contributed by atoms with E-state index < -0.39 is 0 Å². The molecule has 3 heterocycles. The summed E-state index contributed by atoms with van der Waals surface area (Å²) in [5.41, 5.74) is 12.0. The van der Waals surface area contributed by atoms with Gasteiger partial charge in [0.25, 0.3) is 0 Å². The molecule has 0 amide bonds. The summed E-state index contributed by atoms with van der Waals surface area (Å²) < 4.78 is 8.87. The van der Waals surface area contributed by atoms with Crippen LogP contribution in [0, 0.1) is 6.92 Å². The van der Waals surface area contributed by atoms with Crippen LogP contribution in [0.1, 0.15) is 5.56 Å². The van der Waals surface area contributed by atoms with Crippen molar-refractivity contribution in [2.45, 2.75) is 6.92 Å². The summed E-state index contributed by atoms with van der Waals surface area (Å²) in [7, 11) is 0. The topological polar surface area (TPSA) is 43.9 Å². The zero-order valence-electron chi connectivity index (χ0n) is 24.6. The van der Waals surface area contributed by atoms with E-state index in [0.717, 1.165) is 50.1 Å². The van der Waals surface area contributed by atoms with Crippen LogP contribution in [0.2, 0.25) is 0 Å². The Bertz CT molecular complexity index is 2490. The van der Waals surface area contributed by atoms with E-state index in [1.54, 1.807) is 0 Å². The van der Waals surface area contributed by atoms with Crippen LogP contribution in [0.25, 0.3) is 83.3 Å². The van der Waals surface area contributed by atoms with Crippen molar-refractivity contribution >= 4 is 43.9 Å². The molecule has 0 saturated heterocycles. The van der Waals surface area contributed by atoms with Gasteiger partial charge < -0.3 is 8.98 Å². The molecule has 0 aliphatic heterocycles. The lowest BCUT2D eigenvalue weighted by atomic mass is 10.0. The maximum Gasteiger partial charge on any atom is 0.180 e. The van der Waals surface area contributed by atoms with Crippen molar-refractivity contribution in [2.24, 2.45) is 0 Å². The molecule has 9 rings (SSSR count). The van der Waals surface area contributed by atoms with Crippen molar-refractivity contribution in [1.29, 1.82) is 0 Å². The molecule has 0 atom stereocenters. The van der Waals surface area contributed by atoms with E-state index in [1.807, 2.05) is 48.5 Å². The smallest absolute Gasteiger partial charge is 0.180 e. The Hall–Kier alpha value is -6.00. The van der Waals surface area contributed by atoms with Crippen molar-refractivity contribution in [3.05, 3.63) is 151 Å². The van der Waals surface area contributed by atoms with E-state index in [9.17, 15) is 0 Å². The number of fused-ring (bicyclic) bond motifs is 6. The third kappa shape index (κ3) is 4.15. The molecule has 0 bridgehead atoms. The Kier molecular flexibility index (Phi) is 5.69. The van der Waals surface area contributed by atoms with Crippen LogP contribution < -0.4 is 0 Å². The molecule has 0 spiro atoms. The average molecular weight is 578 g/mol. The van der Waals surface area contributed by atoms with Gasteiger partial charge in [0, 0.05) is 33.0 Å². The number of hydrogen-bond acceptors (Lipinski definition) is 3. The molecule has 0 saturated carbocycles. The van der Waals surface area contributed by atoms with E-state index in [-0.39, 0.29) is 0 Å². The van der Waals surface area contributed by atoms with Crippen LogP contribution in [-0.4, -0.2) is 14.5 Å². The highest BCUT2D eigenvalue weighted by Gasteiger charge is 2.19. The Morgan fingerprint density at radius 2 is 1.16 bits per heavy atom. The number of nitrogens with zero attached hydrogens (tertiary/aromatic N) is 3. The molecule has 4 nitrogen and oxygen atoms in total. The number of furan rings is 1. The number of rotatable bonds is 4. The monoisotopic (exact) mass is 577 g/mol. The highest BCUT2D eigenvalue weighted by Crippen LogP contribution is 2.38. The van der Waals surface area contributed by atoms with Gasteiger partial charge in [-0.05, 0) is 60.0 Å². The Morgan fingerprint density at radius 3 is 1.87 bits per heavy atom. The molecule has 0 aliphatic carbocycles. The number of hydrogen-bond donors (Lipinski definition) is 0. The van der Waals surface area contributed by atoms with Gasteiger partial charge in [0.15, 0.2) is 11.4 Å². The fourth-order valence-electron chi connectivity index (χ4n) is 6.59. The van der Waals surface area contributed by atoms with Crippen LogP contribution in [0.4, 0.5) is 0 Å². The quantitative estimate of drug-likeness (QED) is 0.209. The minimum Gasteiger partial charge on any atom is -0.452 e. The Balaban J connectivity index is 1.26. The fourth-order valence-corrected chi connectivity index (χ4v) is 6.59. The van der Waals surface area contributed by atoms with Crippen molar-refractivity contribution in [3.8, 4) is 39.5 Å². The van der Waals surface area contributed by atoms with Gasteiger partial charge in [-0.3, -0.25) is 0 Å². The van der Waals surface area contributed by atoms with Gasteiger partial charge in [-0.25, -0.2) is 9.97 Å². The molecule has 0 N–H and O–H groups in total. The maximum absolute atomic E-state index is 6.49. The van der Waals surface area contributed by atoms with Gasteiger partial charge in [-0.2, -0.15) is 0 Å². The average Bonchev–Trinajstić information content (AvgIpc) is 3.64. The summed E-state index contributed by atoms with van der Waals surface area (Å²) in [5, 5.41) is 3.48. The van der Waals surface area contributed by atoms with Crippen LogP contribution >= 0.6 is 0 Å². The molecule has 0 aliphatic rings. The molecule has 0 radical (unpaired) electrons. The summed E-state index contributed by atoms with van der Waals surface area (Å²) in [6.45, 7) is 2.16. The zero-order chi connectivity index (χ0) is 29.9. The molecule has 0 unspecified atom stereocenters. The first-order chi connectivity index (χ1) is 22.2. The molecule has 212 valence electrons. The third-order valence-electron chi connectivity index (χ3n) is 8.63. The maximum atomic E-state index is 6.49. The number of aromatic nitrogens is 3. The standard InChI is InChI=1S/C41H27N3O/c1-26-22-30(24-31(23-26)44-35-18-10-8-16-32(35)33-17-9-11-19-36(33)44)29-20-21-37-34(25-29)39-40(45-37)38(27-12-4-2-5-13-27)42-41(43-39)28-14-6-3-7-15-28/h2-25H,1H3. The number of para-hydroxylation sites is 2. The summed E-state index contributed by atoms with van der Waals surface area (Å²) in [5.74, 6) is 0.680. The van der Waals surface area contributed by atoms with Gasteiger partial charge in [0.05, 0.1) is 11.0 Å². The molecular formula is C41H27N3O. The minimum atomic E-state index is 0.680. The Labute approximate surface area is 259 Å². The minimum absolute atomic E-state index is 0.680.